The SMILES string of the molecule is CCOc1c(C)cc(C)cc1C(=O)CN1CCc2ccccc2C1. The molecule has 2 aromatic carbocycles. The number of ketones is 1. The molecule has 0 fully saturated rings. The van der Waals surface area contributed by atoms with Gasteiger partial charge in [-0.2, -0.15) is 0 Å². The van der Waals surface area contributed by atoms with Gasteiger partial charge in [-0.3, -0.25) is 9.69 Å². The zero-order chi connectivity index (χ0) is 17.1. The predicted octanol–water partition coefficient (Wildman–Crippen LogP) is 3.94. The van der Waals surface area contributed by atoms with Crippen LogP contribution in [0.3, 0.4) is 0 Å². The molecule has 0 saturated heterocycles. The van der Waals surface area contributed by atoms with E-state index in [1.807, 2.05) is 26.8 Å². The van der Waals surface area contributed by atoms with Gasteiger partial charge >= 0.3 is 0 Å². The largest absolute Gasteiger partial charge is 0.493 e. The van der Waals surface area contributed by atoms with Crippen molar-refractivity contribution in [1.29, 1.82) is 0 Å². The molecular weight excluding hydrogens is 298 g/mol. The van der Waals surface area contributed by atoms with Crippen LogP contribution in [0.25, 0.3) is 0 Å². The number of ether oxygens (including phenoxy) is 1. The van der Waals surface area contributed by atoms with Gasteiger partial charge in [-0.1, -0.05) is 30.3 Å². The monoisotopic (exact) mass is 323 g/mol. The van der Waals surface area contributed by atoms with Gasteiger partial charge in [0.2, 0.25) is 0 Å². The Morgan fingerprint density at radius 3 is 2.67 bits per heavy atom. The number of hydrogen-bond donors (Lipinski definition) is 0. The lowest BCUT2D eigenvalue weighted by Gasteiger charge is -2.28. The number of carbonyl (C=O) groups is 1. The number of rotatable bonds is 5. The van der Waals surface area contributed by atoms with Crippen molar-refractivity contribution < 1.29 is 9.53 Å². The molecule has 0 radical (unpaired) electrons. The first kappa shape index (κ1) is 16.7. The zero-order valence-corrected chi connectivity index (χ0v) is 14.8. The molecule has 0 unspecified atom stereocenters. The van der Waals surface area contributed by atoms with Crippen LogP contribution in [0, 0.1) is 13.8 Å². The standard InChI is InChI=1S/C21H25NO2/c1-4-24-21-16(3)11-15(2)12-19(21)20(23)14-22-10-9-17-7-5-6-8-18(17)13-22/h5-8,11-12H,4,9-10,13-14H2,1-3H3. The quantitative estimate of drug-likeness (QED) is 0.781. The molecule has 126 valence electrons. The Morgan fingerprint density at radius 1 is 1.17 bits per heavy atom. The molecule has 2 aromatic rings. The van der Waals surface area contributed by atoms with Crippen molar-refractivity contribution in [3.05, 3.63) is 64.2 Å². The van der Waals surface area contributed by atoms with Gasteiger partial charge in [0, 0.05) is 13.1 Å². The van der Waals surface area contributed by atoms with Crippen LogP contribution in [0.15, 0.2) is 36.4 Å². The zero-order valence-electron chi connectivity index (χ0n) is 14.8. The van der Waals surface area contributed by atoms with E-state index in [-0.39, 0.29) is 5.78 Å². The highest BCUT2D eigenvalue weighted by atomic mass is 16.5. The van der Waals surface area contributed by atoms with E-state index in [1.165, 1.54) is 11.1 Å². The highest BCUT2D eigenvalue weighted by Crippen LogP contribution is 2.27. The lowest BCUT2D eigenvalue weighted by atomic mass is 9.98. The van der Waals surface area contributed by atoms with E-state index in [4.69, 9.17) is 4.74 Å². The normalized spacial score (nSPS) is 14.3. The Kier molecular flexibility index (Phi) is 5.00. The van der Waals surface area contributed by atoms with Crippen molar-refractivity contribution >= 4 is 5.78 Å². The summed E-state index contributed by atoms with van der Waals surface area (Å²) in [5.74, 6) is 0.884. The van der Waals surface area contributed by atoms with Crippen molar-refractivity contribution in [3.63, 3.8) is 0 Å². The molecule has 0 aromatic heterocycles. The van der Waals surface area contributed by atoms with Crippen LogP contribution in [-0.2, 0) is 13.0 Å². The Labute approximate surface area is 144 Å². The van der Waals surface area contributed by atoms with Gasteiger partial charge in [0.25, 0.3) is 0 Å². The van der Waals surface area contributed by atoms with Gasteiger partial charge in [0.05, 0.1) is 18.7 Å². The lowest BCUT2D eigenvalue weighted by molar-refractivity contribution is 0.0917. The topological polar surface area (TPSA) is 29.5 Å². The van der Waals surface area contributed by atoms with Crippen LogP contribution in [-0.4, -0.2) is 30.4 Å². The van der Waals surface area contributed by atoms with E-state index in [0.717, 1.165) is 36.4 Å². The third-order valence-corrected chi connectivity index (χ3v) is 4.58. The summed E-state index contributed by atoms with van der Waals surface area (Å²) in [5, 5.41) is 0. The van der Waals surface area contributed by atoms with Crippen LogP contribution >= 0.6 is 0 Å². The molecule has 3 rings (SSSR count). The Morgan fingerprint density at radius 2 is 1.92 bits per heavy atom. The third kappa shape index (κ3) is 3.51. The maximum atomic E-state index is 12.9. The lowest BCUT2D eigenvalue weighted by Crippen LogP contribution is -2.35. The Hall–Kier alpha value is -2.13. The summed E-state index contributed by atoms with van der Waals surface area (Å²) in [4.78, 5) is 15.1. The summed E-state index contributed by atoms with van der Waals surface area (Å²) < 4.78 is 5.75. The van der Waals surface area contributed by atoms with Gasteiger partial charge in [0.1, 0.15) is 5.75 Å². The molecule has 1 aliphatic heterocycles. The third-order valence-electron chi connectivity index (χ3n) is 4.58. The number of hydrogen-bond acceptors (Lipinski definition) is 3. The van der Waals surface area contributed by atoms with Gasteiger partial charge in [0.15, 0.2) is 5.78 Å². The highest BCUT2D eigenvalue weighted by Gasteiger charge is 2.21. The first-order valence-electron chi connectivity index (χ1n) is 8.65. The van der Waals surface area contributed by atoms with Crippen LogP contribution in [0.5, 0.6) is 5.75 Å². The van der Waals surface area contributed by atoms with Crippen LogP contribution in [0.2, 0.25) is 0 Å². The fourth-order valence-electron chi connectivity index (χ4n) is 3.47. The maximum absolute atomic E-state index is 12.9. The minimum atomic E-state index is 0.143. The van der Waals surface area contributed by atoms with E-state index < -0.39 is 0 Å². The smallest absolute Gasteiger partial charge is 0.180 e. The molecular formula is C21H25NO2. The second-order valence-corrected chi connectivity index (χ2v) is 6.54. The molecule has 0 aliphatic carbocycles. The van der Waals surface area contributed by atoms with Gasteiger partial charge in [-0.05, 0) is 55.5 Å². The van der Waals surface area contributed by atoms with Crippen molar-refractivity contribution in [2.45, 2.75) is 33.7 Å². The average Bonchev–Trinajstić information content (AvgIpc) is 2.57. The second kappa shape index (κ2) is 7.18. The van der Waals surface area contributed by atoms with Crippen LogP contribution < -0.4 is 4.74 Å². The number of aryl methyl sites for hydroxylation is 2. The predicted molar refractivity (Wildman–Crippen MR) is 96.8 cm³/mol. The summed E-state index contributed by atoms with van der Waals surface area (Å²) in [5.41, 5.74) is 5.59. The van der Waals surface area contributed by atoms with Gasteiger partial charge in [-0.15, -0.1) is 0 Å². The number of fused-ring (bicyclic) bond motifs is 1. The van der Waals surface area contributed by atoms with Crippen molar-refractivity contribution in [3.8, 4) is 5.75 Å². The average molecular weight is 323 g/mol. The molecule has 0 N–H and O–H groups in total. The maximum Gasteiger partial charge on any atom is 0.180 e. The minimum Gasteiger partial charge on any atom is -0.493 e. The van der Waals surface area contributed by atoms with Gasteiger partial charge < -0.3 is 4.74 Å². The van der Waals surface area contributed by atoms with Gasteiger partial charge in [-0.25, -0.2) is 0 Å². The molecule has 3 nitrogen and oxygen atoms in total. The summed E-state index contributed by atoms with van der Waals surface area (Å²) in [6.07, 6.45) is 1.01. The Balaban J connectivity index is 1.79. The highest BCUT2D eigenvalue weighted by molar-refractivity contribution is 6.00. The molecule has 0 atom stereocenters. The summed E-state index contributed by atoms with van der Waals surface area (Å²) >= 11 is 0. The first-order valence-corrected chi connectivity index (χ1v) is 8.65. The van der Waals surface area contributed by atoms with Crippen molar-refractivity contribution in [2.75, 3.05) is 19.7 Å². The van der Waals surface area contributed by atoms with E-state index >= 15 is 0 Å². The molecule has 1 aliphatic rings. The molecule has 0 amide bonds. The number of nitrogens with zero attached hydrogens (tertiary/aromatic N) is 1. The Bertz CT molecular complexity index is 751. The van der Waals surface area contributed by atoms with E-state index in [2.05, 4.69) is 35.2 Å². The number of benzene rings is 2. The second-order valence-electron chi connectivity index (χ2n) is 6.54. The molecule has 0 saturated carbocycles. The molecule has 0 bridgehead atoms. The minimum absolute atomic E-state index is 0.143. The fourth-order valence-corrected chi connectivity index (χ4v) is 3.47. The molecule has 24 heavy (non-hydrogen) atoms. The fraction of sp³-hybridized carbons (Fsp3) is 0.381. The van der Waals surface area contributed by atoms with E-state index in [0.29, 0.717) is 18.7 Å². The summed E-state index contributed by atoms with van der Waals surface area (Å²) in [6.45, 7) is 8.77. The van der Waals surface area contributed by atoms with Crippen molar-refractivity contribution in [2.24, 2.45) is 0 Å². The molecule has 3 heteroatoms. The van der Waals surface area contributed by atoms with E-state index in [1.54, 1.807) is 0 Å². The number of Topliss-reactive ketones (excluding diaryl/α,β-unsaturated/α-hetero) is 1. The first-order chi connectivity index (χ1) is 11.6. The molecule has 0 spiro atoms. The number of carbonyl (C=O) groups excluding carboxylic acids is 1. The van der Waals surface area contributed by atoms with Crippen LogP contribution in [0.1, 0.15) is 39.5 Å². The van der Waals surface area contributed by atoms with Crippen molar-refractivity contribution in [1.82, 2.24) is 4.90 Å². The van der Waals surface area contributed by atoms with E-state index in [9.17, 15) is 4.79 Å². The summed E-state index contributed by atoms with van der Waals surface area (Å²) in [6, 6.07) is 12.5. The molecule has 1 heterocycles. The van der Waals surface area contributed by atoms with Crippen LogP contribution in [0.4, 0.5) is 0 Å². The summed E-state index contributed by atoms with van der Waals surface area (Å²) in [7, 11) is 0.